The first-order valence-electron chi connectivity index (χ1n) is 16.4. The lowest BCUT2D eigenvalue weighted by Crippen LogP contribution is -2.62. The van der Waals surface area contributed by atoms with Gasteiger partial charge in [-0.15, -0.1) is 6.58 Å². The summed E-state index contributed by atoms with van der Waals surface area (Å²) >= 11 is 0. The van der Waals surface area contributed by atoms with E-state index in [1.807, 2.05) is 20.8 Å². The van der Waals surface area contributed by atoms with Gasteiger partial charge in [0.1, 0.15) is 23.7 Å². The summed E-state index contributed by atoms with van der Waals surface area (Å²) in [6.45, 7) is 22.3. The maximum Gasteiger partial charge on any atom is 0.329 e. The molecule has 6 atom stereocenters. The van der Waals surface area contributed by atoms with Crippen molar-refractivity contribution in [1.29, 1.82) is 0 Å². The number of urea groups is 1. The van der Waals surface area contributed by atoms with Crippen molar-refractivity contribution in [3.8, 4) is 0 Å². The number of Topliss-reactive ketones (excluding diaryl/α,β-unsaturated/α-hetero) is 1. The molecule has 1 heterocycles. The monoisotopic (exact) mass is 645 g/mol. The maximum absolute atomic E-state index is 14.3. The van der Waals surface area contributed by atoms with Crippen LogP contribution < -0.4 is 21.3 Å². The molecule has 0 aromatic carbocycles. The molecule has 1 saturated heterocycles. The van der Waals surface area contributed by atoms with E-state index in [0.717, 1.165) is 12.8 Å². The van der Waals surface area contributed by atoms with Gasteiger partial charge < -0.3 is 30.9 Å². The van der Waals surface area contributed by atoms with E-state index in [9.17, 15) is 28.8 Å². The van der Waals surface area contributed by atoms with Crippen LogP contribution in [0.1, 0.15) is 88.5 Å². The van der Waals surface area contributed by atoms with Crippen molar-refractivity contribution in [1.82, 2.24) is 26.2 Å². The third-order valence-electron chi connectivity index (χ3n) is 9.29. The molecule has 258 valence electrons. The molecule has 3 rings (SSSR count). The Morgan fingerprint density at radius 1 is 0.978 bits per heavy atom. The first kappa shape index (κ1) is 37.0. The fourth-order valence-corrected chi connectivity index (χ4v) is 6.39. The number of ether oxygens (including phenoxy) is 1. The Morgan fingerprint density at radius 3 is 2.09 bits per heavy atom. The number of fused-ring (bicyclic) bond motifs is 1. The average Bonchev–Trinajstić information content (AvgIpc) is 3.77. The number of piperidine rings is 1. The Bertz CT molecular complexity index is 1230. The van der Waals surface area contributed by atoms with Gasteiger partial charge in [0.15, 0.2) is 0 Å². The third-order valence-corrected chi connectivity index (χ3v) is 9.29. The maximum atomic E-state index is 14.3. The van der Waals surface area contributed by atoms with Crippen molar-refractivity contribution in [3.63, 3.8) is 0 Å². The van der Waals surface area contributed by atoms with Crippen LogP contribution in [0.4, 0.5) is 4.79 Å². The van der Waals surface area contributed by atoms with Gasteiger partial charge in [0.25, 0.3) is 5.91 Å². The smallest absolute Gasteiger partial charge is 0.329 e. The minimum absolute atomic E-state index is 0.0626. The summed E-state index contributed by atoms with van der Waals surface area (Å²) in [6.07, 6.45) is 3.67. The molecule has 12 heteroatoms. The lowest BCUT2D eigenvalue weighted by molar-refractivity contribution is -0.158. The van der Waals surface area contributed by atoms with Gasteiger partial charge in [-0.3, -0.25) is 19.2 Å². The molecule has 0 radical (unpaired) electrons. The molecular weight excluding hydrogens is 590 g/mol. The largest absolute Gasteiger partial charge is 0.458 e. The summed E-state index contributed by atoms with van der Waals surface area (Å²) in [6, 6.07) is -4.57. The summed E-state index contributed by atoms with van der Waals surface area (Å²) in [5, 5.41) is 10.8. The number of hydrogen-bond acceptors (Lipinski definition) is 7. The highest BCUT2D eigenvalue weighted by Crippen LogP contribution is 2.65. The molecule has 4 N–H and O–H groups in total. The second-order valence-electron chi connectivity index (χ2n) is 16.2. The zero-order valence-corrected chi connectivity index (χ0v) is 29.2. The van der Waals surface area contributed by atoms with E-state index in [-0.39, 0.29) is 35.6 Å². The molecule has 0 aromatic rings. The summed E-state index contributed by atoms with van der Waals surface area (Å²) in [7, 11) is 0. The fraction of sp³-hybridized carbons (Fsp3) is 0.765. The first-order valence-corrected chi connectivity index (χ1v) is 16.4. The summed E-state index contributed by atoms with van der Waals surface area (Å²) in [5.74, 6) is -3.12. The highest BCUT2D eigenvalue weighted by Gasteiger charge is 2.70. The number of carbonyl (C=O) groups is 6. The topological polar surface area (TPSA) is 163 Å². The van der Waals surface area contributed by atoms with Gasteiger partial charge in [-0.1, -0.05) is 67.4 Å². The second-order valence-corrected chi connectivity index (χ2v) is 16.2. The van der Waals surface area contributed by atoms with E-state index in [2.05, 4.69) is 41.7 Å². The number of esters is 1. The molecule has 0 aromatic heterocycles. The van der Waals surface area contributed by atoms with Crippen LogP contribution in [0.25, 0.3) is 0 Å². The van der Waals surface area contributed by atoms with Gasteiger partial charge in [0.05, 0.1) is 6.04 Å². The number of nitrogens with one attached hydrogen (secondary N) is 4. The SMILES string of the molecule is C=CCNC(=O)C(=O)C(CC1CC1)NC(=O)[C@@H]1[C@@H]2[C@H](CN1C(=O)[C@@H](NC(=O)N[C@H](C(=O)OC(C)(C)C)C(C)C)C(C)(C)C)C2(C)C. The Kier molecular flexibility index (Phi) is 11.1. The molecule has 12 nitrogen and oxygen atoms in total. The molecular formula is C34H55N5O7. The van der Waals surface area contributed by atoms with E-state index in [4.69, 9.17) is 4.74 Å². The van der Waals surface area contributed by atoms with Crippen molar-refractivity contribution >= 4 is 35.5 Å². The van der Waals surface area contributed by atoms with Crippen molar-refractivity contribution in [2.24, 2.45) is 34.5 Å². The molecule has 2 aliphatic carbocycles. The van der Waals surface area contributed by atoms with E-state index in [0.29, 0.717) is 13.0 Å². The van der Waals surface area contributed by atoms with Crippen LogP contribution in [-0.4, -0.2) is 83.3 Å². The quantitative estimate of drug-likeness (QED) is 0.136. The van der Waals surface area contributed by atoms with E-state index in [1.165, 1.54) is 11.0 Å². The Labute approximate surface area is 273 Å². The predicted molar refractivity (Wildman–Crippen MR) is 173 cm³/mol. The Balaban J connectivity index is 1.82. The molecule has 2 saturated carbocycles. The van der Waals surface area contributed by atoms with E-state index in [1.54, 1.807) is 34.6 Å². The second kappa shape index (κ2) is 13.7. The van der Waals surface area contributed by atoms with Gasteiger partial charge in [-0.25, -0.2) is 9.59 Å². The highest BCUT2D eigenvalue weighted by atomic mass is 16.6. The molecule has 3 aliphatic rings. The summed E-state index contributed by atoms with van der Waals surface area (Å²) < 4.78 is 5.50. The molecule has 5 amide bonds. The first-order chi connectivity index (χ1) is 21.1. The van der Waals surface area contributed by atoms with Gasteiger partial charge >= 0.3 is 12.0 Å². The lowest BCUT2D eigenvalue weighted by atomic mass is 9.85. The minimum atomic E-state index is -1.04. The molecule has 3 fully saturated rings. The number of carbonyl (C=O) groups excluding carboxylic acids is 6. The van der Waals surface area contributed by atoms with Crippen LogP contribution in [0.15, 0.2) is 12.7 Å². The van der Waals surface area contributed by atoms with Gasteiger partial charge in [0, 0.05) is 13.1 Å². The van der Waals surface area contributed by atoms with Gasteiger partial charge in [-0.05, 0) is 61.7 Å². The van der Waals surface area contributed by atoms with E-state index >= 15 is 0 Å². The van der Waals surface area contributed by atoms with Crippen molar-refractivity contribution in [2.45, 2.75) is 118 Å². The number of rotatable bonds is 13. The molecule has 0 spiro atoms. The van der Waals surface area contributed by atoms with Crippen LogP contribution in [0.3, 0.4) is 0 Å². The normalized spacial score (nSPS) is 23.7. The van der Waals surface area contributed by atoms with Crippen molar-refractivity contribution in [2.75, 3.05) is 13.1 Å². The minimum Gasteiger partial charge on any atom is -0.458 e. The number of likely N-dealkylation sites (tertiary alicyclic amines) is 1. The number of ketones is 1. The zero-order chi connectivity index (χ0) is 34.9. The van der Waals surface area contributed by atoms with Gasteiger partial charge in [0.2, 0.25) is 17.6 Å². The van der Waals surface area contributed by atoms with E-state index < -0.39 is 70.7 Å². The standard InChI is InChI=1S/C34H55N5O7/c1-12-15-35-28(42)25(40)21(16-19-13-14-19)36-27(41)24-22-20(34(22,10)11)17-39(24)29(43)26(32(4,5)6)38-31(45)37-23(18(2)3)30(44)46-33(7,8)9/h12,18-24,26H,1,13-17H2,2-11H3,(H,35,42)(H,36,41)(H2,37,38,45)/t20-,21?,22-,23-,24-,26+/m0/s1. The molecule has 0 bridgehead atoms. The zero-order valence-electron chi connectivity index (χ0n) is 29.2. The van der Waals surface area contributed by atoms with Crippen LogP contribution in [0.2, 0.25) is 0 Å². The van der Waals surface area contributed by atoms with Crippen molar-refractivity contribution < 1.29 is 33.5 Å². The Morgan fingerprint density at radius 2 is 1.59 bits per heavy atom. The summed E-state index contributed by atoms with van der Waals surface area (Å²) in [4.78, 5) is 81.5. The molecule has 1 unspecified atom stereocenters. The molecule has 1 aliphatic heterocycles. The Hall–Kier alpha value is -3.44. The summed E-state index contributed by atoms with van der Waals surface area (Å²) in [5.41, 5.74) is -1.70. The van der Waals surface area contributed by atoms with Crippen LogP contribution in [0, 0.1) is 34.5 Å². The number of amides is 5. The highest BCUT2D eigenvalue weighted by molar-refractivity contribution is 6.38. The van der Waals surface area contributed by atoms with Crippen molar-refractivity contribution in [3.05, 3.63) is 12.7 Å². The van der Waals surface area contributed by atoms with Crippen LogP contribution in [0.5, 0.6) is 0 Å². The average molecular weight is 646 g/mol. The lowest BCUT2D eigenvalue weighted by Gasteiger charge is -2.38. The number of nitrogens with zero attached hydrogens (tertiary/aromatic N) is 1. The van der Waals surface area contributed by atoms with Crippen LogP contribution in [-0.2, 0) is 28.7 Å². The van der Waals surface area contributed by atoms with Gasteiger partial charge in [-0.2, -0.15) is 0 Å². The number of hydrogen-bond donors (Lipinski definition) is 4. The fourth-order valence-electron chi connectivity index (χ4n) is 6.39. The predicted octanol–water partition coefficient (Wildman–Crippen LogP) is 2.71. The third kappa shape index (κ3) is 8.88. The van der Waals surface area contributed by atoms with Crippen LogP contribution >= 0.6 is 0 Å². The molecule has 46 heavy (non-hydrogen) atoms.